The van der Waals surface area contributed by atoms with Crippen LogP contribution in [-0.2, 0) is 12.1 Å². The summed E-state index contributed by atoms with van der Waals surface area (Å²) in [6.45, 7) is 15.0. The van der Waals surface area contributed by atoms with Crippen molar-refractivity contribution in [3.05, 3.63) is 35.4 Å². The second-order valence-electron chi connectivity index (χ2n) is 5.70. The van der Waals surface area contributed by atoms with Crippen LogP contribution in [-0.4, -0.2) is 29.2 Å². The molecule has 1 N–H and O–H groups in total. The summed E-state index contributed by atoms with van der Waals surface area (Å²) in [5.41, 5.74) is 1.59. The molecule has 2 nitrogen and oxygen atoms in total. The van der Waals surface area contributed by atoms with Gasteiger partial charge in [-0.2, -0.15) is 0 Å². The third kappa shape index (κ3) is 3.56. The maximum absolute atomic E-state index is 9.95. The van der Waals surface area contributed by atoms with E-state index in [1.807, 2.05) is 26.0 Å². The van der Waals surface area contributed by atoms with Gasteiger partial charge in [-0.25, -0.2) is 0 Å². The van der Waals surface area contributed by atoms with E-state index < -0.39 is 5.60 Å². The van der Waals surface area contributed by atoms with Crippen LogP contribution in [0, 0.1) is 0 Å². The summed E-state index contributed by atoms with van der Waals surface area (Å²) in [7, 11) is 0. The average molecular weight is 250 g/mol. The Morgan fingerprint density at radius 3 is 1.72 bits per heavy atom. The summed E-state index contributed by atoms with van der Waals surface area (Å²) in [4.78, 5) is 0. The zero-order chi connectivity index (χ0) is 13.8. The van der Waals surface area contributed by atoms with Crippen molar-refractivity contribution in [3.8, 4) is 0 Å². The van der Waals surface area contributed by atoms with Gasteiger partial charge in [-0.3, -0.25) is 0 Å². The third-order valence-corrected chi connectivity index (χ3v) is 4.19. The highest BCUT2D eigenvalue weighted by atomic mass is 16.3. The lowest BCUT2D eigenvalue weighted by Gasteiger charge is -2.36. The van der Waals surface area contributed by atoms with Gasteiger partial charge in [-0.1, -0.05) is 24.3 Å². The van der Waals surface area contributed by atoms with Gasteiger partial charge in [0.05, 0.1) is 25.2 Å². The number of hydrogen-bond acceptors (Lipinski definition) is 1. The first kappa shape index (κ1) is 15.2. The fourth-order valence-corrected chi connectivity index (χ4v) is 2.41. The summed E-state index contributed by atoms with van der Waals surface area (Å²) in [5.74, 6) is 0. The maximum atomic E-state index is 9.95. The average Bonchev–Trinajstić information content (AvgIpc) is 2.36. The minimum Gasteiger partial charge on any atom is -0.386 e. The molecule has 0 saturated heterocycles. The molecule has 0 aromatic heterocycles. The molecule has 0 heterocycles. The minimum atomic E-state index is -0.745. The Bertz CT molecular complexity index is 349. The van der Waals surface area contributed by atoms with E-state index in [0.717, 1.165) is 16.6 Å². The van der Waals surface area contributed by atoms with Crippen LogP contribution in [0.4, 0.5) is 0 Å². The van der Waals surface area contributed by atoms with E-state index in [9.17, 15) is 5.11 Å². The Kier molecular flexibility index (Phi) is 4.94. The summed E-state index contributed by atoms with van der Waals surface area (Å²) >= 11 is 0. The molecule has 2 heteroatoms. The lowest BCUT2D eigenvalue weighted by molar-refractivity contribution is -0.936. The topological polar surface area (TPSA) is 20.2 Å². The molecular weight excluding hydrogens is 222 g/mol. The van der Waals surface area contributed by atoms with E-state index in [-0.39, 0.29) is 0 Å². The van der Waals surface area contributed by atoms with Crippen molar-refractivity contribution in [2.24, 2.45) is 0 Å². The standard InChI is InChI=1S/C16H28NO/c1-6-17(7-2,8-3)13-14-9-11-15(12-10-14)16(4,5)18/h9-12,18H,6-8,13H2,1-5H3/q+1. The van der Waals surface area contributed by atoms with Crippen molar-refractivity contribution in [2.45, 2.75) is 46.8 Å². The summed E-state index contributed by atoms with van der Waals surface area (Å²) in [6.07, 6.45) is 0. The number of quaternary nitrogens is 1. The van der Waals surface area contributed by atoms with Crippen LogP contribution in [0.2, 0.25) is 0 Å². The minimum absolute atomic E-state index is 0.745. The van der Waals surface area contributed by atoms with Gasteiger partial charge in [0.2, 0.25) is 0 Å². The number of aliphatic hydroxyl groups is 1. The first-order valence-electron chi connectivity index (χ1n) is 7.03. The molecule has 102 valence electrons. The summed E-state index contributed by atoms with van der Waals surface area (Å²) in [5, 5.41) is 9.95. The molecule has 0 unspecified atom stereocenters. The number of rotatable bonds is 6. The van der Waals surface area contributed by atoms with Crippen molar-refractivity contribution in [1.29, 1.82) is 0 Å². The van der Waals surface area contributed by atoms with Gasteiger partial charge in [0.1, 0.15) is 6.54 Å². The van der Waals surface area contributed by atoms with Crippen LogP contribution >= 0.6 is 0 Å². The molecule has 1 aromatic carbocycles. The molecule has 0 aliphatic rings. The Balaban J connectivity index is 2.86. The lowest BCUT2D eigenvalue weighted by Crippen LogP contribution is -2.46. The number of nitrogens with zero attached hydrogens (tertiary/aromatic N) is 1. The molecule has 0 atom stereocenters. The van der Waals surface area contributed by atoms with Crippen LogP contribution in [0.1, 0.15) is 45.7 Å². The van der Waals surface area contributed by atoms with E-state index in [1.54, 1.807) is 0 Å². The number of hydrogen-bond donors (Lipinski definition) is 1. The van der Waals surface area contributed by atoms with Crippen molar-refractivity contribution in [1.82, 2.24) is 0 Å². The third-order valence-electron chi connectivity index (χ3n) is 4.19. The second-order valence-corrected chi connectivity index (χ2v) is 5.70. The monoisotopic (exact) mass is 250 g/mol. The highest BCUT2D eigenvalue weighted by Gasteiger charge is 2.22. The first-order valence-corrected chi connectivity index (χ1v) is 7.03. The predicted octanol–water partition coefficient (Wildman–Crippen LogP) is 3.29. The Morgan fingerprint density at radius 2 is 1.39 bits per heavy atom. The van der Waals surface area contributed by atoms with Crippen molar-refractivity contribution in [3.63, 3.8) is 0 Å². The second kappa shape index (κ2) is 5.85. The van der Waals surface area contributed by atoms with Crippen molar-refractivity contribution in [2.75, 3.05) is 19.6 Å². The van der Waals surface area contributed by atoms with Crippen LogP contribution in [0.3, 0.4) is 0 Å². The molecule has 1 aromatic rings. The highest BCUT2D eigenvalue weighted by molar-refractivity contribution is 5.25. The van der Waals surface area contributed by atoms with E-state index in [0.29, 0.717) is 0 Å². The van der Waals surface area contributed by atoms with Crippen LogP contribution in [0.15, 0.2) is 24.3 Å². The molecule has 1 rings (SSSR count). The maximum Gasteiger partial charge on any atom is 0.104 e. The van der Waals surface area contributed by atoms with Gasteiger partial charge in [-0.15, -0.1) is 0 Å². The largest absolute Gasteiger partial charge is 0.386 e. The Hall–Kier alpha value is -0.860. The van der Waals surface area contributed by atoms with E-state index in [2.05, 4.69) is 32.9 Å². The van der Waals surface area contributed by atoms with Crippen LogP contribution in [0.5, 0.6) is 0 Å². The molecule has 0 aliphatic heterocycles. The predicted molar refractivity (Wildman–Crippen MR) is 77.3 cm³/mol. The fourth-order valence-electron chi connectivity index (χ4n) is 2.41. The van der Waals surface area contributed by atoms with Crippen LogP contribution in [0.25, 0.3) is 0 Å². The zero-order valence-electron chi connectivity index (χ0n) is 12.5. The van der Waals surface area contributed by atoms with Gasteiger partial charge < -0.3 is 9.59 Å². The fraction of sp³-hybridized carbons (Fsp3) is 0.625. The SMILES string of the molecule is CC[N+](CC)(CC)Cc1ccc(C(C)(C)O)cc1. The Labute approximate surface area is 112 Å². The first-order chi connectivity index (χ1) is 8.37. The van der Waals surface area contributed by atoms with Crippen molar-refractivity contribution >= 4 is 0 Å². The molecule has 0 aliphatic carbocycles. The zero-order valence-corrected chi connectivity index (χ0v) is 12.5. The van der Waals surface area contributed by atoms with E-state index >= 15 is 0 Å². The highest BCUT2D eigenvalue weighted by Crippen LogP contribution is 2.21. The van der Waals surface area contributed by atoms with Gasteiger partial charge >= 0.3 is 0 Å². The van der Waals surface area contributed by atoms with Crippen LogP contribution < -0.4 is 0 Å². The van der Waals surface area contributed by atoms with Gasteiger partial charge in [-0.05, 0) is 40.2 Å². The van der Waals surface area contributed by atoms with Crippen molar-refractivity contribution < 1.29 is 9.59 Å². The molecule has 18 heavy (non-hydrogen) atoms. The smallest absolute Gasteiger partial charge is 0.104 e. The molecule has 0 bridgehead atoms. The summed E-state index contributed by atoms with van der Waals surface area (Å²) < 4.78 is 1.13. The molecule has 0 spiro atoms. The lowest BCUT2D eigenvalue weighted by atomic mass is 9.97. The van der Waals surface area contributed by atoms with E-state index in [4.69, 9.17) is 0 Å². The molecular formula is C16H28NO+. The van der Waals surface area contributed by atoms with Gasteiger partial charge in [0.25, 0.3) is 0 Å². The molecule has 0 radical (unpaired) electrons. The number of benzene rings is 1. The molecule has 0 amide bonds. The normalized spacial score (nSPS) is 12.8. The van der Waals surface area contributed by atoms with Gasteiger partial charge in [0, 0.05) is 5.56 Å². The molecule has 0 fully saturated rings. The quantitative estimate of drug-likeness (QED) is 0.768. The summed E-state index contributed by atoms with van der Waals surface area (Å²) in [6, 6.07) is 8.40. The van der Waals surface area contributed by atoms with Gasteiger partial charge in [0.15, 0.2) is 0 Å². The van der Waals surface area contributed by atoms with E-state index in [1.165, 1.54) is 25.2 Å². The Morgan fingerprint density at radius 1 is 0.944 bits per heavy atom. The molecule has 0 saturated carbocycles.